The number of nitrogens with two attached hydrogens (primary N) is 1. The van der Waals surface area contributed by atoms with Crippen LogP contribution in [-0.2, 0) is 6.42 Å². The number of aromatic nitrogens is 4. The molecule has 0 fully saturated rings. The largest absolute Gasteiger partial charge is 0.388 e. The summed E-state index contributed by atoms with van der Waals surface area (Å²) in [7, 11) is 0. The second-order valence-electron chi connectivity index (χ2n) is 2.99. The lowest BCUT2D eigenvalue weighted by Gasteiger charge is -1.99. The highest BCUT2D eigenvalue weighted by Crippen LogP contribution is 2.02. The van der Waals surface area contributed by atoms with Crippen molar-refractivity contribution in [3.05, 3.63) is 24.3 Å². The van der Waals surface area contributed by atoms with Crippen LogP contribution in [0.1, 0.15) is 12.0 Å². The quantitative estimate of drug-likeness (QED) is 0.526. The van der Waals surface area contributed by atoms with Gasteiger partial charge in [-0.3, -0.25) is 5.41 Å². The molecule has 0 atom stereocenters. The average Bonchev–Trinajstić information content (AvgIpc) is 2.61. The monoisotopic (exact) mass is 190 g/mol. The molecule has 14 heavy (non-hydrogen) atoms. The molecule has 0 aliphatic heterocycles. The van der Waals surface area contributed by atoms with Gasteiger partial charge in [-0.25, -0.2) is 9.50 Å². The normalized spacial score (nSPS) is 10.6. The van der Waals surface area contributed by atoms with Gasteiger partial charge in [-0.2, -0.15) is 10.1 Å². The molecule has 3 N–H and O–H groups in total. The van der Waals surface area contributed by atoms with Gasteiger partial charge in [0.1, 0.15) is 6.33 Å². The molecule has 0 aromatic carbocycles. The lowest BCUT2D eigenvalue weighted by atomic mass is 10.2. The highest BCUT2D eigenvalue weighted by atomic mass is 15.3. The fraction of sp³-hybridized carbons (Fsp3) is 0.250. The van der Waals surface area contributed by atoms with Crippen molar-refractivity contribution in [3.63, 3.8) is 0 Å². The molecule has 0 radical (unpaired) electrons. The third kappa shape index (κ3) is 1.68. The van der Waals surface area contributed by atoms with Crippen LogP contribution < -0.4 is 5.73 Å². The van der Waals surface area contributed by atoms with E-state index in [1.807, 2.05) is 6.20 Å². The van der Waals surface area contributed by atoms with E-state index in [1.54, 1.807) is 10.7 Å². The molecule has 2 aromatic rings. The smallest absolute Gasteiger partial charge is 0.252 e. The number of nitrogens with one attached hydrogen (secondary N) is 1. The van der Waals surface area contributed by atoms with E-state index in [-0.39, 0.29) is 5.84 Å². The van der Waals surface area contributed by atoms with Gasteiger partial charge in [-0.15, -0.1) is 0 Å². The van der Waals surface area contributed by atoms with Gasteiger partial charge < -0.3 is 5.73 Å². The fourth-order valence-electron chi connectivity index (χ4n) is 1.17. The van der Waals surface area contributed by atoms with Crippen LogP contribution in [0.5, 0.6) is 0 Å². The number of aryl methyl sites for hydroxylation is 1. The first-order valence-corrected chi connectivity index (χ1v) is 4.23. The Morgan fingerprint density at radius 1 is 1.50 bits per heavy atom. The molecular formula is C8H10N6. The van der Waals surface area contributed by atoms with Crippen molar-refractivity contribution in [2.24, 2.45) is 5.73 Å². The van der Waals surface area contributed by atoms with Gasteiger partial charge in [-0.05, 0) is 12.0 Å². The third-order valence-corrected chi connectivity index (χ3v) is 1.87. The van der Waals surface area contributed by atoms with Crippen molar-refractivity contribution in [2.45, 2.75) is 12.8 Å². The van der Waals surface area contributed by atoms with E-state index in [4.69, 9.17) is 11.1 Å². The molecule has 2 heterocycles. The standard InChI is InChI=1S/C8H10N6/c9-7(10)2-1-6-3-11-8-12-5-13-14(8)4-6/h3-5H,1-2H2,(H3,9,10). The summed E-state index contributed by atoms with van der Waals surface area (Å²) < 4.78 is 1.61. The SMILES string of the molecule is N=C(N)CCc1cnc2ncnn2c1. The Balaban J connectivity index is 2.21. The minimum atomic E-state index is 0.184. The van der Waals surface area contributed by atoms with Crippen LogP contribution in [0.15, 0.2) is 18.7 Å². The maximum atomic E-state index is 7.10. The molecule has 0 saturated heterocycles. The minimum absolute atomic E-state index is 0.184. The molecule has 0 spiro atoms. The summed E-state index contributed by atoms with van der Waals surface area (Å²) in [5, 5.41) is 11.1. The van der Waals surface area contributed by atoms with Gasteiger partial charge in [0.05, 0.1) is 5.84 Å². The molecule has 0 saturated carbocycles. The second-order valence-corrected chi connectivity index (χ2v) is 2.99. The molecule has 2 rings (SSSR count). The highest BCUT2D eigenvalue weighted by molar-refractivity contribution is 5.77. The summed E-state index contributed by atoms with van der Waals surface area (Å²) in [6.07, 6.45) is 6.28. The van der Waals surface area contributed by atoms with Crippen molar-refractivity contribution in [2.75, 3.05) is 0 Å². The summed E-state index contributed by atoms with van der Waals surface area (Å²) in [6.45, 7) is 0. The number of amidine groups is 1. The number of nitrogens with zero attached hydrogens (tertiary/aromatic N) is 4. The molecule has 0 amide bonds. The minimum Gasteiger partial charge on any atom is -0.388 e. The van der Waals surface area contributed by atoms with Crippen LogP contribution in [0, 0.1) is 5.41 Å². The van der Waals surface area contributed by atoms with Gasteiger partial charge in [0.15, 0.2) is 0 Å². The number of hydrogen-bond donors (Lipinski definition) is 2. The Morgan fingerprint density at radius 2 is 2.36 bits per heavy atom. The van der Waals surface area contributed by atoms with Crippen LogP contribution in [-0.4, -0.2) is 25.4 Å². The van der Waals surface area contributed by atoms with Crippen LogP contribution in [0.2, 0.25) is 0 Å². The van der Waals surface area contributed by atoms with Crippen LogP contribution in [0.25, 0.3) is 5.78 Å². The van der Waals surface area contributed by atoms with E-state index in [9.17, 15) is 0 Å². The van der Waals surface area contributed by atoms with Crippen LogP contribution >= 0.6 is 0 Å². The van der Waals surface area contributed by atoms with Gasteiger partial charge in [0.25, 0.3) is 5.78 Å². The molecule has 0 aliphatic rings. The Morgan fingerprint density at radius 3 is 3.14 bits per heavy atom. The molecule has 6 heteroatoms. The van der Waals surface area contributed by atoms with E-state index in [0.717, 1.165) is 5.56 Å². The highest BCUT2D eigenvalue weighted by Gasteiger charge is 1.99. The molecule has 2 aromatic heterocycles. The van der Waals surface area contributed by atoms with Crippen molar-refractivity contribution >= 4 is 11.6 Å². The van der Waals surface area contributed by atoms with E-state index < -0.39 is 0 Å². The zero-order chi connectivity index (χ0) is 9.97. The summed E-state index contributed by atoms with van der Waals surface area (Å²) in [6, 6.07) is 0. The summed E-state index contributed by atoms with van der Waals surface area (Å²) in [5.41, 5.74) is 6.26. The molecule has 72 valence electrons. The molecular weight excluding hydrogens is 180 g/mol. The Hall–Kier alpha value is -1.98. The van der Waals surface area contributed by atoms with Crippen molar-refractivity contribution in [1.29, 1.82) is 5.41 Å². The number of fused-ring (bicyclic) bond motifs is 1. The molecule has 6 nitrogen and oxygen atoms in total. The molecule has 0 bridgehead atoms. The lowest BCUT2D eigenvalue weighted by molar-refractivity contribution is 0.895. The topological polar surface area (TPSA) is 93.0 Å². The van der Waals surface area contributed by atoms with Gasteiger partial charge in [0.2, 0.25) is 0 Å². The summed E-state index contributed by atoms with van der Waals surface area (Å²) in [4.78, 5) is 8.03. The number of rotatable bonds is 3. The summed E-state index contributed by atoms with van der Waals surface area (Å²) in [5.74, 6) is 0.764. The zero-order valence-electron chi connectivity index (χ0n) is 7.51. The van der Waals surface area contributed by atoms with Crippen molar-refractivity contribution < 1.29 is 0 Å². The van der Waals surface area contributed by atoms with Gasteiger partial charge in [-0.1, -0.05) is 0 Å². The predicted molar refractivity (Wildman–Crippen MR) is 51.0 cm³/mol. The first-order chi connectivity index (χ1) is 6.75. The van der Waals surface area contributed by atoms with E-state index >= 15 is 0 Å². The Labute approximate surface area is 80.3 Å². The second kappa shape index (κ2) is 3.41. The van der Waals surface area contributed by atoms with Crippen LogP contribution in [0.4, 0.5) is 0 Å². The van der Waals surface area contributed by atoms with Crippen molar-refractivity contribution in [3.8, 4) is 0 Å². The lowest BCUT2D eigenvalue weighted by Crippen LogP contribution is -2.10. The predicted octanol–water partition coefficient (Wildman–Crippen LogP) is -0.00713. The summed E-state index contributed by atoms with van der Waals surface area (Å²) >= 11 is 0. The first kappa shape index (κ1) is 8.61. The maximum absolute atomic E-state index is 7.10. The fourth-order valence-corrected chi connectivity index (χ4v) is 1.17. The van der Waals surface area contributed by atoms with E-state index in [1.165, 1.54) is 6.33 Å². The Bertz CT molecular complexity index is 460. The first-order valence-electron chi connectivity index (χ1n) is 4.23. The van der Waals surface area contributed by atoms with Crippen LogP contribution in [0.3, 0.4) is 0 Å². The molecule has 0 aliphatic carbocycles. The zero-order valence-corrected chi connectivity index (χ0v) is 7.51. The van der Waals surface area contributed by atoms with E-state index in [2.05, 4.69) is 15.1 Å². The van der Waals surface area contributed by atoms with Crippen molar-refractivity contribution in [1.82, 2.24) is 19.6 Å². The number of hydrogen-bond acceptors (Lipinski definition) is 4. The third-order valence-electron chi connectivity index (χ3n) is 1.87. The maximum Gasteiger partial charge on any atom is 0.252 e. The van der Waals surface area contributed by atoms with E-state index in [0.29, 0.717) is 18.6 Å². The average molecular weight is 190 g/mol. The van der Waals surface area contributed by atoms with Gasteiger partial charge in [0, 0.05) is 18.8 Å². The Kier molecular flexibility index (Phi) is 2.10. The van der Waals surface area contributed by atoms with Gasteiger partial charge >= 0.3 is 0 Å². The molecule has 0 unspecified atom stereocenters.